The van der Waals surface area contributed by atoms with Crippen molar-refractivity contribution < 1.29 is 13.2 Å². The molecular weight excluding hydrogens is 326 g/mol. The van der Waals surface area contributed by atoms with Gasteiger partial charge in [0, 0.05) is 24.9 Å². The van der Waals surface area contributed by atoms with Crippen molar-refractivity contribution >= 4 is 15.7 Å². The van der Waals surface area contributed by atoms with E-state index in [1.165, 1.54) is 12.5 Å². The first-order chi connectivity index (χ1) is 11.4. The molecule has 2 aromatic rings. The first-order valence-electron chi connectivity index (χ1n) is 8.02. The topological polar surface area (TPSA) is 83.1 Å². The molecule has 1 N–H and O–H groups in total. The molecule has 1 unspecified atom stereocenters. The number of hydrogen-bond donors (Lipinski definition) is 1. The standard InChI is InChI=1S/C17H21N3O3S/c1-24(22,23)16-11-18-19-15(16)10-13-6-5-9-20(12-13)17(21)14-7-3-2-4-8-14/h2-4,7-8,11,13H,5-6,9-10,12H2,1H3,(H,18,19). The van der Waals surface area contributed by atoms with E-state index in [0.29, 0.717) is 24.2 Å². The molecule has 1 aromatic heterocycles. The number of sulfone groups is 1. The summed E-state index contributed by atoms with van der Waals surface area (Å²) in [4.78, 5) is 14.7. The molecule has 1 aromatic carbocycles. The van der Waals surface area contributed by atoms with Crippen LogP contribution in [0, 0.1) is 5.92 Å². The average molecular weight is 347 g/mol. The molecule has 7 heteroatoms. The number of benzene rings is 1. The maximum absolute atomic E-state index is 12.6. The highest BCUT2D eigenvalue weighted by Crippen LogP contribution is 2.24. The van der Waals surface area contributed by atoms with Crippen molar-refractivity contribution in [1.82, 2.24) is 15.1 Å². The van der Waals surface area contributed by atoms with Crippen molar-refractivity contribution in [2.45, 2.75) is 24.2 Å². The number of likely N-dealkylation sites (tertiary alicyclic amines) is 1. The lowest BCUT2D eigenvalue weighted by Crippen LogP contribution is -2.40. The number of nitrogens with zero attached hydrogens (tertiary/aromatic N) is 2. The predicted molar refractivity (Wildman–Crippen MR) is 90.5 cm³/mol. The second-order valence-corrected chi connectivity index (χ2v) is 8.30. The molecule has 0 radical (unpaired) electrons. The zero-order valence-corrected chi connectivity index (χ0v) is 14.4. The van der Waals surface area contributed by atoms with Crippen molar-refractivity contribution in [3.05, 3.63) is 47.8 Å². The minimum absolute atomic E-state index is 0.0354. The van der Waals surface area contributed by atoms with E-state index in [1.54, 1.807) is 0 Å². The first-order valence-corrected chi connectivity index (χ1v) is 9.91. The quantitative estimate of drug-likeness (QED) is 0.916. The molecule has 1 aliphatic heterocycles. The highest BCUT2D eigenvalue weighted by molar-refractivity contribution is 7.90. The fourth-order valence-electron chi connectivity index (χ4n) is 3.24. The predicted octanol–water partition coefficient (Wildman–Crippen LogP) is 1.91. The van der Waals surface area contributed by atoms with Gasteiger partial charge in [-0.1, -0.05) is 18.2 Å². The lowest BCUT2D eigenvalue weighted by atomic mass is 9.93. The van der Waals surface area contributed by atoms with Gasteiger partial charge in [-0.2, -0.15) is 5.10 Å². The van der Waals surface area contributed by atoms with Gasteiger partial charge in [0.05, 0.1) is 11.9 Å². The van der Waals surface area contributed by atoms with Crippen molar-refractivity contribution in [2.24, 2.45) is 5.92 Å². The Hall–Kier alpha value is -2.15. The second-order valence-electron chi connectivity index (χ2n) is 6.31. The highest BCUT2D eigenvalue weighted by atomic mass is 32.2. The summed E-state index contributed by atoms with van der Waals surface area (Å²) in [5.74, 6) is 0.264. The molecule has 1 fully saturated rings. The molecule has 1 atom stereocenters. The molecule has 3 rings (SSSR count). The average Bonchev–Trinajstić information content (AvgIpc) is 3.04. The maximum Gasteiger partial charge on any atom is 0.253 e. The number of hydrogen-bond acceptors (Lipinski definition) is 4. The summed E-state index contributed by atoms with van der Waals surface area (Å²) in [6, 6.07) is 9.25. The van der Waals surface area contributed by atoms with Crippen molar-refractivity contribution in [2.75, 3.05) is 19.3 Å². The Kier molecular flexibility index (Phi) is 4.71. The Bertz CT molecular complexity index is 815. The summed E-state index contributed by atoms with van der Waals surface area (Å²) >= 11 is 0. The number of carbonyl (C=O) groups excluding carboxylic acids is 1. The van der Waals surface area contributed by atoms with Gasteiger partial charge in [0.25, 0.3) is 5.91 Å². The minimum atomic E-state index is -3.29. The molecular formula is C17H21N3O3S. The van der Waals surface area contributed by atoms with Crippen LogP contribution >= 0.6 is 0 Å². The zero-order valence-electron chi connectivity index (χ0n) is 13.6. The summed E-state index contributed by atoms with van der Waals surface area (Å²) in [5, 5.41) is 6.67. The van der Waals surface area contributed by atoms with Crippen molar-refractivity contribution in [3.8, 4) is 0 Å². The molecule has 1 amide bonds. The molecule has 24 heavy (non-hydrogen) atoms. The van der Waals surface area contributed by atoms with E-state index in [4.69, 9.17) is 0 Å². The van der Waals surface area contributed by atoms with Gasteiger partial charge in [-0.15, -0.1) is 0 Å². The number of piperidine rings is 1. The van der Waals surface area contributed by atoms with Gasteiger partial charge in [0.2, 0.25) is 0 Å². The monoisotopic (exact) mass is 347 g/mol. The third-order valence-electron chi connectivity index (χ3n) is 4.40. The third kappa shape index (κ3) is 3.67. The van der Waals surface area contributed by atoms with Gasteiger partial charge in [-0.3, -0.25) is 9.89 Å². The van der Waals surface area contributed by atoms with E-state index in [2.05, 4.69) is 10.2 Å². The molecule has 1 aliphatic rings. The number of aromatic nitrogens is 2. The molecule has 6 nitrogen and oxygen atoms in total. The van der Waals surface area contributed by atoms with Crippen molar-refractivity contribution in [3.63, 3.8) is 0 Å². The van der Waals surface area contributed by atoms with E-state index in [-0.39, 0.29) is 16.7 Å². The van der Waals surface area contributed by atoms with E-state index in [1.807, 2.05) is 35.2 Å². The molecule has 0 spiro atoms. The SMILES string of the molecule is CS(=O)(=O)c1cn[nH]c1CC1CCCN(C(=O)c2ccccc2)C1. The van der Waals surface area contributed by atoms with Crippen LogP contribution in [0.15, 0.2) is 41.4 Å². The Morgan fingerprint density at radius 2 is 2.08 bits per heavy atom. The van der Waals surface area contributed by atoms with Crippen LogP contribution < -0.4 is 0 Å². The Morgan fingerprint density at radius 1 is 1.33 bits per heavy atom. The van der Waals surface area contributed by atoms with E-state index in [9.17, 15) is 13.2 Å². The van der Waals surface area contributed by atoms with E-state index >= 15 is 0 Å². The lowest BCUT2D eigenvalue weighted by Gasteiger charge is -2.32. The molecule has 0 saturated carbocycles. The first kappa shape index (κ1) is 16.7. The lowest BCUT2D eigenvalue weighted by molar-refractivity contribution is 0.0672. The van der Waals surface area contributed by atoms with Crippen LogP contribution in [0.2, 0.25) is 0 Å². The number of rotatable bonds is 4. The zero-order chi connectivity index (χ0) is 17.2. The number of H-pyrrole nitrogens is 1. The van der Waals surface area contributed by atoms with Gasteiger partial charge < -0.3 is 4.90 Å². The minimum Gasteiger partial charge on any atom is -0.338 e. The normalized spacial score (nSPS) is 18.5. The van der Waals surface area contributed by atoms with Crippen LogP contribution in [0.4, 0.5) is 0 Å². The second kappa shape index (κ2) is 6.76. The highest BCUT2D eigenvalue weighted by Gasteiger charge is 2.26. The smallest absolute Gasteiger partial charge is 0.253 e. The summed E-state index contributed by atoms with van der Waals surface area (Å²) in [6.45, 7) is 1.38. The van der Waals surface area contributed by atoms with Gasteiger partial charge in [-0.05, 0) is 37.3 Å². The number of aromatic amines is 1. The van der Waals surface area contributed by atoms with Crippen LogP contribution in [0.1, 0.15) is 28.9 Å². The van der Waals surface area contributed by atoms with Gasteiger partial charge in [0.1, 0.15) is 4.90 Å². The molecule has 128 valence electrons. The van der Waals surface area contributed by atoms with Crippen molar-refractivity contribution in [1.29, 1.82) is 0 Å². The molecule has 1 saturated heterocycles. The maximum atomic E-state index is 12.6. The van der Waals surface area contributed by atoms with Gasteiger partial charge >= 0.3 is 0 Å². The van der Waals surface area contributed by atoms with E-state index < -0.39 is 9.84 Å². The summed E-state index contributed by atoms with van der Waals surface area (Å²) in [5.41, 5.74) is 1.33. The number of carbonyl (C=O) groups is 1. The van der Waals surface area contributed by atoms with E-state index in [0.717, 1.165) is 19.4 Å². The number of nitrogens with one attached hydrogen (secondary N) is 1. The Morgan fingerprint density at radius 3 is 2.79 bits per heavy atom. The summed E-state index contributed by atoms with van der Waals surface area (Å²) in [7, 11) is -3.29. The number of amides is 1. The van der Waals surface area contributed by atoms with Gasteiger partial charge in [0.15, 0.2) is 9.84 Å². The van der Waals surface area contributed by atoms with Crippen LogP contribution in [-0.4, -0.2) is 48.8 Å². The summed E-state index contributed by atoms with van der Waals surface area (Å²) < 4.78 is 23.6. The van der Waals surface area contributed by atoms with Crippen LogP contribution in [-0.2, 0) is 16.3 Å². The summed E-state index contributed by atoms with van der Waals surface area (Å²) in [6.07, 6.45) is 5.03. The van der Waals surface area contributed by atoms with Crippen LogP contribution in [0.25, 0.3) is 0 Å². The third-order valence-corrected chi connectivity index (χ3v) is 5.55. The molecule has 0 aliphatic carbocycles. The fourth-order valence-corrected chi connectivity index (χ4v) is 4.06. The van der Waals surface area contributed by atoms with Gasteiger partial charge in [-0.25, -0.2) is 8.42 Å². The Labute approximate surface area is 141 Å². The molecule has 0 bridgehead atoms. The molecule has 2 heterocycles. The fraction of sp³-hybridized carbons (Fsp3) is 0.412. The Balaban J connectivity index is 1.71. The largest absolute Gasteiger partial charge is 0.338 e. The van der Waals surface area contributed by atoms with Crippen LogP contribution in [0.5, 0.6) is 0 Å². The van der Waals surface area contributed by atoms with Crippen LogP contribution in [0.3, 0.4) is 0 Å².